The summed E-state index contributed by atoms with van der Waals surface area (Å²) in [6.07, 6.45) is 2.13. The summed E-state index contributed by atoms with van der Waals surface area (Å²) in [5.74, 6) is -1.12. The molecule has 0 heterocycles. The van der Waals surface area contributed by atoms with Crippen LogP contribution >= 0.6 is 0 Å². The maximum absolute atomic E-state index is 14.3. The molecule has 2 rings (SSSR count). The Bertz CT molecular complexity index is 1070. The molecule has 0 aliphatic carbocycles. The molecule has 0 fully saturated rings. The van der Waals surface area contributed by atoms with E-state index in [2.05, 4.69) is 5.32 Å². The molecule has 2 amide bonds. The lowest BCUT2D eigenvalue weighted by Gasteiger charge is -2.29. The molecule has 1 atom stereocenters. The summed E-state index contributed by atoms with van der Waals surface area (Å²) in [6.45, 7) is 5.98. The van der Waals surface area contributed by atoms with Crippen LogP contribution in [-0.2, 0) is 26.2 Å². The molecule has 7 nitrogen and oxygen atoms in total. The summed E-state index contributed by atoms with van der Waals surface area (Å²) in [7, 11) is -3.55. The number of aryl methyl sites for hydroxylation is 1. The van der Waals surface area contributed by atoms with E-state index in [-0.39, 0.29) is 37.7 Å². The molecular weight excluding hydrogens is 457 g/mol. The van der Waals surface area contributed by atoms with E-state index in [1.54, 1.807) is 37.3 Å². The number of anilines is 1. The highest BCUT2D eigenvalue weighted by molar-refractivity contribution is 7.92. The third-order valence-electron chi connectivity index (χ3n) is 5.49. The van der Waals surface area contributed by atoms with Gasteiger partial charge in [-0.3, -0.25) is 13.9 Å². The highest BCUT2D eigenvalue weighted by Crippen LogP contribution is 2.20. The minimum absolute atomic E-state index is 0.0116. The fraction of sp³-hybridized carbons (Fsp3) is 0.440. The minimum atomic E-state index is -3.55. The van der Waals surface area contributed by atoms with Gasteiger partial charge >= 0.3 is 0 Å². The molecule has 0 unspecified atom stereocenters. The van der Waals surface area contributed by atoms with Crippen LogP contribution in [0.4, 0.5) is 10.1 Å². The summed E-state index contributed by atoms with van der Waals surface area (Å²) >= 11 is 0. The third kappa shape index (κ3) is 7.83. The zero-order valence-corrected chi connectivity index (χ0v) is 21.1. The Balaban J connectivity index is 2.15. The second-order valence-corrected chi connectivity index (χ2v) is 10.3. The number of rotatable bonds is 12. The smallest absolute Gasteiger partial charge is 0.242 e. The van der Waals surface area contributed by atoms with Gasteiger partial charge in [-0.1, -0.05) is 42.8 Å². The lowest BCUT2D eigenvalue weighted by Crippen LogP contribution is -2.48. The number of amides is 2. The van der Waals surface area contributed by atoms with E-state index in [1.807, 2.05) is 26.0 Å². The van der Waals surface area contributed by atoms with Gasteiger partial charge in [-0.15, -0.1) is 0 Å². The number of carbonyl (C=O) groups is 2. The maximum atomic E-state index is 14.3. The van der Waals surface area contributed by atoms with Crippen molar-refractivity contribution in [1.29, 1.82) is 0 Å². The molecular formula is C25H34FN3O4S. The number of nitrogens with one attached hydrogen (secondary N) is 1. The van der Waals surface area contributed by atoms with Crippen molar-refractivity contribution in [2.75, 3.05) is 23.7 Å². The van der Waals surface area contributed by atoms with Gasteiger partial charge in [0.2, 0.25) is 21.8 Å². The van der Waals surface area contributed by atoms with Gasteiger partial charge in [0.1, 0.15) is 11.9 Å². The first-order valence-corrected chi connectivity index (χ1v) is 13.2. The summed E-state index contributed by atoms with van der Waals surface area (Å²) in [5, 5.41) is 2.77. The topological polar surface area (TPSA) is 86.8 Å². The van der Waals surface area contributed by atoms with Crippen molar-refractivity contribution in [3.8, 4) is 0 Å². The molecule has 0 saturated heterocycles. The van der Waals surface area contributed by atoms with Crippen molar-refractivity contribution >= 4 is 27.5 Å². The molecule has 0 saturated carbocycles. The molecule has 0 aromatic heterocycles. The fourth-order valence-electron chi connectivity index (χ4n) is 3.50. The summed E-state index contributed by atoms with van der Waals surface area (Å²) in [4.78, 5) is 27.1. The summed E-state index contributed by atoms with van der Waals surface area (Å²) in [5.41, 5.74) is 1.84. The molecule has 186 valence electrons. The van der Waals surface area contributed by atoms with E-state index >= 15 is 0 Å². The predicted octanol–water partition coefficient (Wildman–Crippen LogP) is 3.62. The van der Waals surface area contributed by atoms with E-state index in [0.29, 0.717) is 17.8 Å². The number of halogens is 1. The molecule has 9 heteroatoms. The average molecular weight is 492 g/mol. The van der Waals surface area contributed by atoms with Gasteiger partial charge in [-0.25, -0.2) is 12.8 Å². The van der Waals surface area contributed by atoms with Crippen LogP contribution in [0.1, 0.15) is 44.2 Å². The molecule has 0 radical (unpaired) electrons. The normalized spacial score (nSPS) is 12.1. The predicted molar refractivity (Wildman–Crippen MR) is 132 cm³/mol. The lowest BCUT2D eigenvalue weighted by atomic mass is 10.1. The number of hydrogen-bond donors (Lipinski definition) is 1. The summed E-state index contributed by atoms with van der Waals surface area (Å²) in [6, 6.07) is 12.4. The van der Waals surface area contributed by atoms with Crippen LogP contribution in [-0.4, -0.2) is 50.5 Å². The van der Waals surface area contributed by atoms with Crippen LogP contribution in [0.15, 0.2) is 48.5 Å². The first kappa shape index (κ1) is 27.3. The Morgan fingerprint density at radius 3 is 2.32 bits per heavy atom. The Hall–Kier alpha value is -2.94. The minimum Gasteiger partial charge on any atom is -0.354 e. The van der Waals surface area contributed by atoms with Crippen molar-refractivity contribution in [2.45, 2.75) is 52.6 Å². The van der Waals surface area contributed by atoms with Crippen molar-refractivity contribution in [3.63, 3.8) is 0 Å². The SMILES string of the molecule is CCCNC(=O)[C@H](C)N(Cc1ccccc1F)C(=O)CCCN(c1ccc(C)cc1)S(C)(=O)=O. The largest absolute Gasteiger partial charge is 0.354 e. The fourth-order valence-corrected chi connectivity index (χ4v) is 4.47. The van der Waals surface area contributed by atoms with Gasteiger partial charge in [-0.2, -0.15) is 0 Å². The number of sulfonamides is 1. The van der Waals surface area contributed by atoms with Crippen molar-refractivity contribution in [3.05, 3.63) is 65.5 Å². The molecule has 1 N–H and O–H groups in total. The van der Waals surface area contributed by atoms with E-state index in [9.17, 15) is 22.4 Å². The van der Waals surface area contributed by atoms with Crippen LogP contribution in [0.5, 0.6) is 0 Å². The first-order valence-electron chi connectivity index (χ1n) is 11.4. The molecule has 0 aliphatic rings. The molecule has 2 aromatic carbocycles. The number of benzene rings is 2. The van der Waals surface area contributed by atoms with Gasteiger partial charge in [0.15, 0.2) is 0 Å². The van der Waals surface area contributed by atoms with E-state index in [4.69, 9.17) is 0 Å². The monoisotopic (exact) mass is 491 g/mol. The van der Waals surface area contributed by atoms with Crippen LogP contribution in [0.25, 0.3) is 0 Å². The Labute approximate surface area is 202 Å². The van der Waals surface area contributed by atoms with E-state index in [1.165, 1.54) is 15.3 Å². The van der Waals surface area contributed by atoms with Gasteiger partial charge in [-0.05, 0) is 44.9 Å². The lowest BCUT2D eigenvalue weighted by molar-refractivity contribution is -0.140. The highest BCUT2D eigenvalue weighted by atomic mass is 32.2. The number of carbonyl (C=O) groups excluding carboxylic acids is 2. The Morgan fingerprint density at radius 1 is 1.09 bits per heavy atom. The quantitative estimate of drug-likeness (QED) is 0.491. The van der Waals surface area contributed by atoms with Crippen molar-refractivity contribution < 1.29 is 22.4 Å². The second-order valence-electron chi connectivity index (χ2n) is 8.35. The van der Waals surface area contributed by atoms with Gasteiger partial charge in [0, 0.05) is 31.6 Å². The van der Waals surface area contributed by atoms with Crippen LogP contribution < -0.4 is 9.62 Å². The zero-order valence-electron chi connectivity index (χ0n) is 20.3. The molecule has 2 aromatic rings. The van der Waals surface area contributed by atoms with Crippen molar-refractivity contribution in [2.24, 2.45) is 0 Å². The summed E-state index contributed by atoms with van der Waals surface area (Å²) < 4.78 is 40.2. The van der Waals surface area contributed by atoms with Crippen molar-refractivity contribution in [1.82, 2.24) is 10.2 Å². The van der Waals surface area contributed by atoms with E-state index < -0.39 is 21.9 Å². The zero-order chi connectivity index (χ0) is 25.3. The second kappa shape index (κ2) is 12.5. The third-order valence-corrected chi connectivity index (χ3v) is 6.68. The number of hydrogen-bond acceptors (Lipinski definition) is 4. The van der Waals surface area contributed by atoms with Crippen LogP contribution in [0.2, 0.25) is 0 Å². The van der Waals surface area contributed by atoms with Gasteiger partial charge in [0.25, 0.3) is 0 Å². The molecule has 0 spiro atoms. The van der Waals surface area contributed by atoms with Crippen LogP contribution in [0.3, 0.4) is 0 Å². The average Bonchev–Trinajstić information content (AvgIpc) is 2.79. The molecule has 34 heavy (non-hydrogen) atoms. The van der Waals surface area contributed by atoms with Gasteiger partial charge < -0.3 is 10.2 Å². The first-order chi connectivity index (χ1) is 16.0. The van der Waals surface area contributed by atoms with Crippen LogP contribution in [0, 0.1) is 12.7 Å². The van der Waals surface area contributed by atoms with E-state index in [0.717, 1.165) is 18.2 Å². The standard InChI is InChI=1S/C25H34FN3O4S/c1-5-16-27-25(31)20(3)28(18-21-9-6-7-10-23(21)26)24(30)11-8-17-29(34(4,32)33)22-14-12-19(2)13-15-22/h6-7,9-10,12-15,20H,5,8,11,16-18H2,1-4H3,(H,27,31)/t20-/m0/s1. The maximum Gasteiger partial charge on any atom is 0.242 e. The highest BCUT2D eigenvalue weighted by Gasteiger charge is 2.27. The number of nitrogens with zero attached hydrogens (tertiary/aromatic N) is 2. The molecule has 0 bridgehead atoms. The Kier molecular flexibility index (Phi) is 10.0. The molecule has 0 aliphatic heterocycles. The van der Waals surface area contributed by atoms with Gasteiger partial charge in [0.05, 0.1) is 11.9 Å². The Morgan fingerprint density at radius 2 is 1.74 bits per heavy atom.